The highest BCUT2D eigenvalue weighted by Crippen LogP contribution is 2.31. The zero-order valence-corrected chi connectivity index (χ0v) is 14.9. The zero-order chi connectivity index (χ0) is 17.9. The maximum absolute atomic E-state index is 4.36. The molecule has 4 rings (SSSR count). The van der Waals surface area contributed by atoms with Gasteiger partial charge in [-0.25, -0.2) is 0 Å². The molecular formula is C26H22. The van der Waals surface area contributed by atoms with Gasteiger partial charge < -0.3 is 0 Å². The first-order valence-electron chi connectivity index (χ1n) is 9.06. The molecule has 0 fully saturated rings. The van der Waals surface area contributed by atoms with Crippen molar-refractivity contribution in [2.24, 2.45) is 0 Å². The fourth-order valence-corrected chi connectivity index (χ4v) is 3.64. The van der Waals surface area contributed by atoms with Gasteiger partial charge in [-0.1, -0.05) is 98.1 Å². The summed E-state index contributed by atoms with van der Waals surface area (Å²) in [4.78, 5) is 0. The maximum Gasteiger partial charge on any atom is -0.0109 e. The van der Waals surface area contributed by atoms with E-state index >= 15 is 0 Å². The molecule has 0 aliphatic heterocycles. The molecule has 0 atom stereocenters. The van der Waals surface area contributed by atoms with Gasteiger partial charge in [0.1, 0.15) is 0 Å². The topological polar surface area (TPSA) is 0 Å². The summed E-state index contributed by atoms with van der Waals surface area (Å²) < 4.78 is 0. The summed E-state index contributed by atoms with van der Waals surface area (Å²) in [6, 6.07) is 29.9. The third-order valence-electron chi connectivity index (χ3n) is 5.07. The van der Waals surface area contributed by atoms with Crippen molar-refractivity contribution in [2.75, 3.05) is 0 Å². The molecule has 0 heterocycles. The Labute approximate surface area is 155 Å². The second-order valence-electron chi connectivity index (χ2n) is 6.76. The molecule has 4 aromatic carbocycles. The summed E-state index contributed by atoms with van der Waals surface area (Å²) in [6.45, 7) is 8.72. The largest absolute Gasteiger partial charge is 0.0952 e. The van der Waals surface area contributed by atoms with Crippen molar-refractivity contribution >= 4 is 32.7 Å². The Morgan fingerprint density at radius 3 is 1.35 bits per heavy atom. The molecule has 26 heavy (non-hydrogen) atoms. The number of hydrogen-bond donors (Lipinski definition) is 0. The second kappa shape index (κ2) is 7.01. The molecule has 0 aliphatic rings. The van der Waals surface area contributed by atoms with Crippen LogP contribution in [0.2, 0.25) is 0 Å². The van der Waals surface area contributed by atoms with Crippen LogP contribution in [0.1, 0.15) is 24.0 Å². The van der Waals surface area contributed by atoms with Crippen LogP contribution < -0.4 is 0 Å². The highest BCUT2D eigenvalue weighted by Gasteiger charge is 2.08. The molecule has 4 aromatic rings. The van der Waals surface area contributed by atoms with Crippen LogP contribution in [0, 0.1) is 0 Å². The highest BCUT2D eigenvalue weighted by molar-refractivity contribution is 5.95. The molecule has 0 nitrogen and oxygen atoms in total. The quantitative estimate of drug-likeness (QED) is 0.354. The van der Waals surface area contributed by atoms with Crippen molar-refractivity contribution < 1.29 is 0 Å². The van der Waals surface area contributed by atoms with Gasteiger partial charge in [-0.3, -0.25) is 0 Å². The average molecular weight is 334 g/mol. The number of benzene rings is 4. The summed E-state index contributed by atoms with van der Waals surface area (Å²) in [6.07, 6.45) is 1.83. The van der Waals surface area contributed by atoms with E-state index in [0.29, 0.717) is 0 Å². The number of fused-ring (bicyclic) bond motifs is 2. The fraction of sp³-hybridized carbons (Fsp3) is 0.0769. The molecule has 0 bridgehead atoms. The minimum Gasteiger partial charge on any atom is -0.0952 e. The molecular weight excluding hydrogens is 312 g/mol. The van der Waals surface area contributed by atoms with Crippen LogP contribution in [0.4, 0.5) is 0 Å². The van der Waals surface area contributed by atoms with Crippen molar-refractivity contribution in [3.63, 3.8) is 0 Å². The molecule has 0 heteroatoms. The minimum absolute atomic E-state index is 0.913. The highest BCUT2D eigenvalue weighted by atomic mass is 14.1. The van der Waals surface area contributed by atoms with Gasteiger partial charge in [-0.05, 0) is 56.7 Å². The Hall–Kier alpha value is -3.12. The summed E-state index contributed by atoms with van der Waals surface area (Å²) >= 11 is 0. The number of rotatable bonds is 5. The molecule has 0 saturated heterocycles. The van der Waals surface area contributed by atoms with Gasteiger partial charge in [-0.15, -0.1) is 0 Å². The lowest BCUT2D eigenvalue weighted by Gasteiger charge is -2.13. The van der Waals surface area contributed by atoms with Crippen molar-refractivity contribution in [1.82, 2.24) is 0 Å². The molecule has 0 N–H and O–H groups in total. The van der Waals surface area contributed by atoms with Crippen LogP contribution in [0.15, 0.2) is 98.1 Å². The summed E-state index contributed by atoms with van der Waals surface area (Å²) in [7, 11) is 0. The van der Waals surface area contributed by atoms with Crippen LogP contribution in [-0.4, -0.2) is 0 Å². The maximum atomic E-state index is 4.36. The first kappa shape index (κ1) is 16.4. The zero-order valence-electron chi connectivity index (χ0n) is 14.9. The molecule has 0 amide bonds. The normalized spacial score (nSPS) is 10.9. The van der Waals surface area contributed by atoms with Gasteiger partial charge in [0.2, 0.25) is 0 Å². The number of allylic oxidation sites excluding steroid dienone is 2. The van der Waals surface area contributed by atoms with E-state index in [4.69, 9.17) is 0 Å². The molecule has 0 spiro atoms. The molecule has 126 valence electrons. The van der Waals surface area contributed by atoms with E-state index in [1.165, 1.54) is 43.8 Å². The Morgan fingerprint density at radius 1 is 0.500 bits per heavy atom. The van der Waals surface area contributed by atoms with E-state index in [2.05, 4.69) is 98.1 Å². The van der Waals surface area contributed by atoms with Crippen molar-refractivity contribution in [1.29, 1.82) is 0 Å². The van der Waals surface area contributed by atoms with E-state index in [9.17, 15) is 0 Å². The molecule has 0 radical (unpaired) electrons. The number of hydrogen-bond acceptors (Lipinski definition) is 0. The van der Waals surface area contributed by atoms with E-state index in [1.54, 1.807) is 0 Å². The van der Waals surface area contributed by atoms with Crippen LogP contribution in [0.25, 0.3) is 32.7 Å². The predicted molar refractivity (Wildman–Crippen MR) is 115 cm³/mol. The second-order valence-corrected chi connectivity index (χ2v) is 6.76. The molecule has 0 aromatic heterocycles. The Kier molecular flexibility index (Phi) is 4.41. The van der Waals surface area contributed by atoms with Crippen LogP contribution >= 0.6 is 0 Å². The van der Waals surface area contributed by atoms with Crippen LogP contribution in [-0.2, 0) is 0 Å². The monoisotopic (exact) mass is 334 g/mol. The summed E-state index contributed by atoms with van der Waals surface area (Å²) in [5, 5.41) is 5.07. The average Bonchev–Trinajstić information content (AvgIpc) is 2.71. The first-order valence-corrected chi connectivity index (χ1v) is 9.06. The Balaban J connectivity index is 1.56. The lowest BCUT2D eigenvalue weighted by molar-refractivity contribution is 1.10. The third kappa shape index (κ3) is 3.07. The Bertz CT molecular complexity index is 1010. The van der Waals surface area contributed by atoms with Gasteiger partial charge in [0.25, 0.3) is 0 Å². The van der Waals surface area contributed by atoms with Crippen molar-refractivity contribution in [3.8, 4) is 0 Å². The fourth-order valence-electron chi connectivity index (χ4n) is 3.64. The molecule has 0 unspecified atom stereocenters. The lowest BCUT2D eigenvalue weighted by atomic mass is 9.92. The third-order valence-corrected chi connectivity index (χ3v) is 5.07. The summed E-state index contributed by atoms with van der Waals surface area (Å²) in [5.41, 5.74) is 4.83. The van der Waals surface area contributed by atoms with Gasteiger partial charge >= 0.3 is 0 Å². The van der Waals surface area contributed by atoms with Gasteiger partial charge in [0.15, 0.2) is 0 Å². The minimum atomic E-state index is 0.913. The van der Waals surface area contributed by atoms with Crippen LogP contribution in [0.5, 0.6) is 0 Å². The van der Waals surface area contributed by atoms with E-state index < -0.39 is 0 Å². The SMILES string of the molecule is C=C(CCC(=C)c1cccc2ccccc12)c1cccc2ccccc12. The van der Waals surface area contributed by atoms with Crippen molar-refractivity contribution in [2.45, 2.75) is 12.8 Å². The van der Waals surface area contributed by atoms with Gasteiger partial charge in [0, 0.05) is 0 Å². The van der Waals surface area contributed by atoms with Gasteiger partial charge in [-0.2, -0.15) is 0 Å². The van der Waals surface area contributed by atoms with E-state index in [0.717, 1.165) is 12.8 Å². The Morgan fingerprint density at radius 2 is 0.885 bits per heavy atom. The van der Waals surface area contributed by atoms with Crippen molar-refractivity contribution in [3.05, 3.63) is 109 Å². The molecule has 0 saturated carbocycles. The molecule has 0 aliphatic carbocycles. The van der Waals surface area contributed by atoms with E-state index in [1.807, 2.05) is 0 Å². The van der Waals surface area contributed by atoms with Gasteiger partial charge in [0.05, 0.1) is 0 Å². The van der Waals surface area contributed by atoms with Crippen LogP contribution in [0.3, 0.4) is 0 Å². The lowest BCUT2D eigenvalue weighted by Crippen LogP contribution is -1.90. The standard InChI is InChI=1S/C26H22/c1-19(23-15-7-11-21-9-3-5-13-25(21)23)17-18-20(2)24-16-8-12-22-10-4-6-14-26(22)24/h3-16H,1-2,17-18H2. The first-order chi connectivity index (χ1) is 12.7. The summed E-state index contributed by atoms with van der Waals surface area (Å²) in [5.74, 6) is 0. The predicted octanol–water partition coefficient (Wildman–Crippen LogP) is 7.50. The smallest absolute Gasteiger partial charge is 0.0109 e. The van der Waals surface area contributed by atoms with E-state index in [-0.39, 0.29) is 0 Å².